The number of alkyl carbamates (subject to hydrolysis) is 1. The van der Waals surface area contributed by atoms with Crippen molar-refractivity contribution in [3.05, 3.63) is 107 Å². The summed E-state index contributed by atoms with van der Waals surface area (Å²) in [6.45, 7) is 14.3. The zero-order valence-electron chi connectivity index (χ0n) is 50.7. The van der Waals surface area contributed by atoms with Gasteiger partial charge < -0.3 is 46.3 Å². The van der Waals surface area contributed by atoms with Crippen molar-refractivity contribution < 1.29 is 52.6 Å². The Morgan fingerprint density at radius 3 is 1.89 bits per heavy atom. The fraction of sp³-hybridized carbons (Fsp3) is 0.585. The summed E-state index contributed by atoms with van der Waals surface area (Å²) < 4.78 is 11.0. The van der Waals surface area contributed by atoms with Gasteiger partial charge in [0.05, 0.1) is 18.1 Å². The maximum Gasteiger partial charge on any atom is 0.410 e. The van der Waals surface area contributed by atoms with Crippen molar-refractivity contribution >= 4 is 53.4 Å². The number of rotatable bonds is 22. The molecule has 4 aliphatic rings. The summed E-state index contributed by atoms with van der Waals surface area (Å²) in [6, 6.07) is 20.1. The molecule has 1 unspecified atom stereocenters. The van der Waals surface area contributed by atoms with Gasteiger partial charge in [-0.15, -0.1) is 0 Å². The van der Waals surface area contributed by atoms with E-state index in [2.05, 4.69) is 44.0 Å². The SMILES string of the molecule is C[C@@H]1CC(C(=O)[C@H](CCCNC(=O)CCCC(=O)N[C@H]2C[C@@H](C(=O)N[C@@H]3CCCc4ccccc43)N(C(=O)[C@@H](NC(=O)[C@H](C)N(C)C(=O)OC(C)(C)C)C(C)(C)C)C2)NC(=O)OCc2ccccc2)[C@H](C(=O)N[C@@H]2CCCc3ccccc32)C1. The normalized spacial score (nSPS) is 22.1. The largest absolute Gasteiger partial charge is 0.445 e. The predicted molar refractivity (Wildman–Crippen MR) is 317 cm³/mol. The molecule has 3 aromatic rings. The lowest BCUT2D eigenvalue weighted by Crippen LogP contribution is -2.60. The molecule has 6 N–H and O–H groups in total. The molecule has 0 aromatic heterocycles. The van der Waals surface area contributed by atoms with Gasteiger partial charge in [0.2, 0.25) is 35.4 Å². The molecular weight excluding hydrogens is 1070 g/mol. The number of ketones is 1. The number of carbonyl (C=O) groups is 9. The molecule has 1 aliphatic heterocycles. The zero-order valence-corrected chi connectivity index (χ0v) is 50.7. The standard InChI is InChI=1S/C65H90N8O11/c1-40-35-48(49(36-40)59(78)68-50-29-17-25-43-23-13-15-27-46(43)50)56(76)52(70-62(81)83-39-42-21-11-10-12-22-42)31-20-34-66-54(74)32-19-33-55(75)67-45-37-53(60(79)69-51-30-18-26-44-24-14-16-28-47(44)51)73(38-45)61(80)57(64(3,4)5)71-58(77)41(2)72(9)63(82)84-65(6,7)8/h10-16,21-24,27-28,40-41,45,48-53,57H,17-20,25-26,29-39H2,1-9H3,(H,66,74)(H,67,75)(H,68,78)(H,69,79)(H,70,81)(H,71,77)/t40-,41+,45+,48?,49-,50-,51-,52+,53+,57-/m1/s1. The second-order valence-corrected chi connectivity index (χ2v) is 25.7. The van der Waals surface area contributed by atoms with Crippen LogP contribution in [0.25, 0.3) is 0 Å². The Kier molecular flexibility index (Phi) is 22.2. The second kappa shape index (κ2) is 29.0. The van der Waals surface area contributed by atoms with Crippen molar-refractivity contribution in [2.75, 3.05) is 20.1 Å². The summed E-state index contributed by atoms with van der Waals surface area (Å²) in [5.41, 5.74) is 3.61. The third-order valence-electron chi connectivity index (χ3n) is 16.8. The number of likely N-dealkylation sites (tertiary alicyclic amines) is 1. The molecule has 3 aliphatic carbocycles. The number of benzene rings is 3. The van der Waals surface area contributed by atoms with Crippen LogP contribution in [0.15, 0.2) is 78.9 Å². The number of nitrogens with one attached hydrogen (secondary N) is 6. The molecule has 456 valence electrons. The minimum Gasteiger partial charge on any atom is -0.445 e. The highest BCUT2D eigenvalue weighted by Gasteiger charge is 2.47. The van der Waals surface area contributed by atoms with Crippen LogP contribution >= 0.6 is 0 Å². The summed E-state index contributed by atoms with van der Waals surface area (Å²) in [4.78, 5) is 127. The maximum absolute atomic E-state index is 14.8. The lowest BCUT2D eigenvalue weighted by Gasteiger charge is -2.37. The molecule has 0 spiro atoms. The van der Waals surface area contributed by atoms with E-state index in [1.54, 1.807) is 41.5 Å². The van der Waals surface area contributed by atoms with Gasteiger partial charge in [0.1, 0.15) is 30.3 Å². The van der Waals surface area contributed by atoms with Gasteiger partial charge in [0, 0.05) is 50.9 Å². The molecule has 0 radical (unpaired) electrons. The molecular formula is C65H90N8O11. The molecule has 1 saturated heterocycles. The number of hydrogen-bond donors (Lipinski definition) is 6. The Bertz CT molecular complexity index is 2830. The summed E-state index contributed by atoms with van der Waals surface area (Å²) in [5.74, 6) is -3.67. The fourth-order valence-corrected chi connectivity index (χ4v) is 12.2. The molecule has 10 atom stereocenters. The average Bonchev–Trinajstić information content (AvgIpc) is 3.96. The summed E-state index contributed by atoms with van der Waals surface area (Å²) >= 11 is 0. The van der Waals surface area contributed by atoms with E-state index in [4.69, 9.17) is 9.47 Å². The van der Waals surface area contributed by atoms with E-state index in [0.29, 0.717) is 25.7 Å². The van der Waals surface area contributed by atoms with Crippen molar-refractivity contribution in [2.45, 2.75) is 200 Å². The van der Waals surface area contributed by atoms with Gasteiger partial charge in [-0.25, -0.2) is 9.59 Å². The van der Waals surface area contributed by atoms with E-state index in [1.165, 1.54) is 24.4 Å². The lowest BCUT2D eigenvalue weighted by atomic mass is 9.84. The smallest absolute Gasteiger partial charge is 0.410 e. The summed E-state index contributed by atoms with van der Waals surface area (Å²) in [6.07, 6.45) is 5.53. The zero-order chi connectivity index (χ0) is 60.9. The van der Waals surface area contributed by atoms with E-state index >= 15 is 0 Å². The van der Waals surface area contributed by atoms with Crippen LogP contribution in [-0.4, -0.2) is 119 Å². The first-order valence-corrected chi connectivity index (χ1v) is 30.3. The molecule has 8 amide bonds. The third-order valence-corrected chi connectivity index (χ3v) is 16.8. The minimum atomic E-state index is -1.13. The first-order valence-electron chi connectivity index (χ1n) is 30.3. The number of aryl methyl sites for hydroxylation is 2. The van der Waals surface area contributed by atoms with Crippen molar-refractivity contribution in [3.8, 4) is 0 Å². The third kappa shape index (κ3) is 17.6. The highest BCUT2D eigenvalue weighted by atomic mass is 16.6. The molecule has 19 heteroatoms. The van der Waals surface area contributed by atoms with E-state index < -0.39 is 77.1 Å². The highest BCUT2D eigenvalue weighted by molar-refractivity contribution is 5.96. The van der Waals surface area contributed by atoms with Crippen LogP contribution in [0.5, 0.6) is 0 Å². The Hall–Kier alpha value is -7.31. The number of carbonyl (C=O) groups excluding carboxylic acids is 9. The summed E-state index contributed by atoms with van der Waals surface area (Å²) in [5, 5.41) is 18.0. The van der Waals surface area contributed by atoms with Gasteiger partial charge in [-0.3, -0.25) is 38.5 Å². The van der Waals surface area contributed by atoms with Gasteiger partial charge in [0.15, 0.2) is 5.78 Å². The number of amides is 8. The van der Waals surface area contributed by atoms with Gasteiger partial charge >= 0.3 is 12.2 Å². The number of nitrogens with zero attached hydrogens (tertiary/aromatic N) is 2. The Labute approximate surface area is 495 Å². The molecule has 3 aromatic carbocycles. The predicted octanol–water partition coefficient (Wildman–Crippen LogP) is 7.84. The van der Waals surface area contributed by atoms with Crippen LogP contribution in [0, 0.1) is 23.2 Å². The van der Waals surface area contributed by atoms with Crippen molar-refractivity contribution in [2.24, 2.45) is 23.2 Å². The topological polar surface area (TPSA) is 251 Å². The fourth-order valence-electron chi connectivity index (χ4n) is 12.2. The Morgan fingerprint density at radius 1 is 0.690 bits per heavy atom. The van der Waals surface area contributed by atoms with Gasteiger partial charge in [-0.05, 0) is 144 Å². The van der Waals surface area contributed by atoms with Crippen LogP contribution in [0.1, 0.15) is 172 Å². The highest BCUT2D eigenvalue weighted by Crippen LogP contribution is 2.40. The van der Waals surface area contributed by atoms with Crippen molar-refractivity contribution in [1.82, 2.24) is 41.7 Å². The summed E-state index contributed by atoms with van der Waals surface area (Å²) in [7, 11) is 1.44. The molecule has 2 fully saturated rings. The molecule has 0 bridgehead atoms. The quantitative estimate of drug-likeness (QED) is 0.0529. The van der Waals surface area contributed by atoms with Crippen molar-refractivity contribution in [3.63, 3.8) is 0 Å². The lowest BCUT2D eigenvalue weighted by molar-refractivity contribution is -0.144. The van der Waals surface area contributed by atoms with Crippen LogP contribution in [-0.2, 0) is 62.5 Å². The average molecular weight is 1160 g/mol. The van der Waals surface area contributed by atoms with E-state index in [1.807, 2.05) is 73.7 Å². The van der Waals surface area contributed by atoms with Crippen LogP contribution in [0.4, 0.5) is 9.59 Å². The molecule has 84 heavy (non-hydrogen) atoms. The number of hydrogen-bond acceptors (Lipinski definition) is 11. The Balaban J connectivity index is 0.942. The monoisotopic (exact) mass is 1160 g/mol. The number of Topliss-reactive ketones (excluding diaryl/α,β-unsaturated/α-hetero) is 1. The number of ether oxygens (including phenoxy) is 2. The number of fused-ring (bicyclic) bond motifs is 2. The van der Waals surface area contributed by atoms with Crippen LogP contribution < -0.4 is 31.9 Å². The van der Waals surface area contributed by atoms with Gasteiger partial charge in [0.25, 0.3) is 0 Å². The molecule has 19 nitrogen and oxygen atoms in total. The minimum absolute atomic E-state index is 0.000155. The van der Waals surface area contributed by atoms with E-state index in [0.717, 1.165) is 59.3 Å². The maximum atomic E-state index is 14.8. The van der Waals surface area contributed by atoms with E-state index in [-0.39, 0.29) is 99.2 Å². The molecule has 1 heterocycles. The van der Waals surface area contributed by atoms with Crippen LogP contribution in [0.3, 0.4) is 0 Å². The Morgan fingerprint density at radius 2 is 1.27 bits per heavy atom. The van der Waals surface area contributed by atoms with E-state index in [9.17, 15) is 43.2 Å². The van der Waals surface area contributed by atoms with Gasteiger partial charge in [-0.1, -0.05) is 107 Å². The number of likely N-dealkylation sites (N-methyl/N-ethyl adjacent to an activating group) is 1. The van der Waals surface area contributed by atoms with Gasteiger partial charge in [-0.2, -0.15) is 0 Å². The van der Waals surface area contributed by atoms with Crippen molar-refractivity contribution in [1.29, 1.82) is 0 Å². The first kappa shape index (κ1) is 64.3. The first-order chi connectivity index (χ1) is 39.9. The second-order valence-electron chi connectivity index (χ2n) is 25.7. The molecule has 1 saturated carbocycles. The molecule has 7 rings (SSSR count). The van der Waals surface area contributed by atoms with Crippen LogP contribution in [0.2, 0.25) is 0 Å².